The van der Waals surface area contributed by atoms with E-state index in [0.29, 0.717) is 0 Å². The van der Waals surface area contributed by atoms with Crippen LogP contribution < -0.4 is 0 Å². The Morgan fingerprint density at radius 2 is 1.67 bits per heavy atom. The van der Waals surface area contributed by atoms with Crippen molar-refractivity contribution in [2.45, 2.75) is 19.8 Å². The van der Waals surface area contributed by atoms with Gasteiger partial charge >= 0.3 is 0 Å². The fourth-order valence-electron chi connectivity index (χ4n) is 3.71. The van der Waals surface area contributed by atoms with E-state index in [1.165, 1.54) is 28.0 Å². The topological polar surface area (TPSA) is 24.8 Å². The molecule has 138 valence electrons. The Bertz CT molecular complexity index is 857. The second-order valence-electron chi connectivity index (χ2n) is 7.15. The molecule has 0 spiro atoms. The summed E-state index contributed by atoms with van der Waals surface area (Å²) in [6, 6.07) is 19.0. The molecule has 1 heterocycles. The van der Waals surface area contributed by atoms with Crippen LogP contribution in [0, 0.1) is 6.92 Å². The van der Waals surface area contributed by atoms with E-state index in [9.17, 15) is 0 Å². The summed E-state index contributed by atoms with van der Waals surface area (Å²) >= 11 is 0. The molecule has 1 saturated heterocycles. The van der Waals surface area contributed by atoms with Crippen molar-refractivity contribution in [2.75, 3.05) is 26.3 Å². The Morgan fingerprint density at radius 3 is 2.41 bits per heavy atom. The molecular formula is C24H26N2O. The van der Waals surface area contributed by atoms with Crippen LogP contribution in [0.4, 0.5) is 5.69 Å². The smallest absolute Gasteiger partial charge is 0.0642 e. The summed E-state index contributed by atoms with van der Waals surface area (Å²) in [5.74, 6) is 0. The van der Waals surface area contributed by atoms with Crippen LogP contribution in [0.25, 0.3) is 6.08 Å². The van der Waals surface area contributed by atoms with E-state index in [1.54, 1.807) is 0 Å². The summed E-state index contributed by atoms with van der Waals surface area (Å²) in [4.78, 5) is 7.22. The fourth-order valence-corrected chi connectivity index (χ4v) is 3.71. The highest BCUT2D eigenvalue weighted by Crippen LogP contribution is 2.35. The minimum Gasteiger partial charge on any atom is -0.378 e. The van der Waals surface area contributed by atoms with Crippen molar-refractivity contribution in [3.8, 4) is 0 Å². The van der Waals surface area contributed by atoms with Crippen molar-refractivity contribution < 1.29 is 4.74 Å². The average Bonchev–Trinajstić information content (AvgIpc) is 3.11. The molecule has 0 radical (unpaired) electrons. The molecule has 2 aliphatic rings. The Hall–Kier alpha value is -2.65. The lowest BCUT2D eigenvalue weighted by molar-refractivity contribution is 0.0548. The van der Waals surface area contributed by atoms with Gasteiger partial charge in [0.05, 0.1) is 18.9 Å². The first kappa shape index (κ1) is 17.7. The number of aryl methyl sites for hydroxylation is 1. The summed E-state index contributed by atoms with van der Waals surface area (Å²) in [5.41, 5.74) is 7.63. The molecule has 1 fully saturated rings. The maximum Gasteiger partial charge on any atom is 0.0642 e. The van der Waals surface area contributed by atoms with Crippen molar-refractivity contribution >= 4 is 18.0 Å². The van der Waals surface area contributed by atoms with Crippen LogP contribution in [0.5, 0.6) is 0 Å². The van der Waals surface area contributed by atoms with Gasteiger partial charge in [-0.05, 0) is 54.7 Å². The van der Waals surface area contributed by atoms with Crippen LogP contribution in [0.2, 0.25) is 0 Å². The SMILES string of the molecule is Cc1ccc(N=CC2=C(N3CCOCC3)C(=Cc3ccccc3)CC2)cc1. The molecule has 2 aromatic carbocycles. The van der Waals surface area contributed by atoms with Gasteiger partial charge in [-0.3, -0.25) is 4.99 Å². The highest BCUT2D eigenvalue weighted by atomic mass is 16.5. The Morgan fingerprint density at radius 1 is 0.926 bits per heavy atom. The molecule has 0 unspecified atom stereocenters. The highest BCUT2D eigenvalue weighted by molar-refractivity contribution is 5.85. The van der Waals surface area contributed by atoms with Crippen LogP contribution in [0.1, 0.15) is 24.0 Å². The molecule has 1 aliphatic heterocycles. The van der Waals surface area contributed by atoms with Gasteiger partial charge in [0, 0.05) is 25.0 Å². The molecule has 0 N–H and O–H groups in total. The number of morpholine rings is 1. The Balaban J connectivity index is 1.67. The molecule has 0 saturated carbocycles. The van der Waals surface area contributed by atoms with E-state index in [4.69, 9.17) is 9.73 Å². The van der Waals surface area contributed by atoms with E-state index in [2.05, 4.69) is 78.7 Å². The highest BCUT2D eigenvalue weighted by Gasteiger charge is 2.25. The van der Waals surface area contributed by atoms with Gasteiger partial charge in [0.15, 0.2) is 0 Å². The molecule has 3 heteroatoms. The van der Waals surface area contributed by atoms with Gasteiger partial charge in [0.1, 0.15) is 0 Å². The van der Waals surface area contributed by atoms with Crippen LogP contribution in [0.15, 0.2) is 76.4 Å². The largest absolute Gasteiger partial charge is 0.378 e. The van der Waals surface area contributed by atoms with Crippen molar-refractivity contribution in [2.24, 2.45) is 4.99 Å². The lowest BCUT2D eigenvalue weighted by Crippen LogP contribution is -2.36. The van der Waals surface area contributed by atoms with Gasteiger partial charge in [-0.2, -0.15) is 0 Å². The van der Waals surface area contributed by atoms with E-state index >= 15 is 0 Å². The lowest BCUT2D eigenvalue weighted by Gasteiger charge is -2.31. The normalized spacial score (nSPS) is 19.4. The number of aliphatic imine (C=N–C) groups is 1. The van der Waals surface area contributed by atoms with Gasteiger partial charge in [0.25, 0.3) is 0 Å². The molecule has 1 aliphatic carbocycles. The molecule has 3 nitrogen and oxygen atoms in total. The molecule has 27 heavy (non-hydrogen) atoms. The molecule has 0 atom stereocenters. The van der Waals surface area contributed by atoms with Crippen LogP contribution >= 0.6 is 0 Å². The van der Waals surface area contributed by atoms with Crippen LogP contribution in [-0.4, -0.2) is 37.4 Å². The maximum absolute atomic E-state index is 5.57. The zero-order valence-electron chi connectivity index (χ0n) is 15.9. The Kier molecular flexibility index (Phi) is 5.50. The average molecular weight is 358 g/mol. The third-order valence-corrected chi connectivity index (χ3v) is 5.14. The monoisotopic (exact) mass is 358 g/mol. The number of hydrogen-bond acceptors (Lipinski definition) is 3. The third kappa shape index (κ3) is 4.37. The van der Waals surface area contributed by atoms with Crippen molar-refractivity contribution in [1.29, 1.82) is 0 Å². The van der Waals surface area contributed by atoms with E-state index in [0.717, 1.165) is 44.8 Å². The number of nitrogens with zero attached hydrogens (tertiary/aromatic N) is 2. The predicted octanol–water partition coefficient (Wildman–Crippen LogP) is 5.16. The van der Waals surface area contributed by atoms with Gasteiger partial charge in [-0.1, -0.05) is 48.0 Å². The number of rotatable bonds is 4. The third-order valence-electron chi connectivity index (χ3n) is 5.14. The maximum atomic E-state index is 5.57. The van der Waals surface area contributed by atoms with Gasteiger partial charge < -0.3 is 9.64 Å². The van der Waals surface area contributed by atoms with Crippen LogP contribution in [-0.2, 0) is 4.74 Å². The van der Waals surface area contributed by atoms with E-state index in [-0.39, 0.29) is 0 Å². The zero-order chi connectivity index (χ0) is 18.5. The number of allylic oxidation sites excluding steroid dienone is 2. The summed E-state index contributed by atoms with van der Waals surface area (Å²) in [6.07, 6.45) is 6.51. The molecule has 2 aromatic rings. The lowest BCUT2D eigenvalue weighted by atomic mass is 10.1. The number of hydrogen-bond donors (Lipinski definition) is 0. The molecule has 4 rings (SSSR count). The van der Waals surface area contributed by atoms with Crippen molar-refractivity contribution in [1.82, 2.24) is 4.90 Å². The first-order chi connectivity index (χ1) is 13.3. The number of benzene rings is 2. The number of ether oxygens (including phenoxy) is 1. The quantitative estimate of drug-likeness (QED) is 0.705. The van der Waals surface area contributed by atoms with E-state index in [1.807, 2.05) is 0 Å². The first-order valence-corrected chi connectivity index (χ1v) is 9.72. The van der Waals surface area contributed by atoms with Crippen molar-refractivity contribution in [3.63, 3.8) is 0 Å². The van der Waals surface area contributed by atoms with E-state index < -0.39 is 0 Å². The minimum absolute atomic E-state index is 0.796. The minimum atomic E-state index is 0.796. The summed E-state index contributed by atoms with van der Waals surface area (Å²) < 4.78 is 5.57. The van der Waals surface area contributed by atoms with Crippen LogP contribution in [0.3, 0.4) is 0 Å². The van der Waals surface area contributed by atoms with Gasteiger partial charge in [0.2, 0.25) is 0 Å². The summed E-state index contributed by atoms with van der Waals surface area (Å²) in [6.45, 7) is 5.59. The first-order valence-electron chi connectivity index (χ1n) is 9.72. The fraction of sp³-hybridized carbons (Fsp3) is 0.292. The van der Waals surface area contributed by atoms with Gasteiger partial charge in [-0.25, -0.2) is 0 Å². The molecule has 0 bridgehead atoms. The second-order valence-corrected chi connectivity index (χ2v) is 7.15. The van der Waals surface area contributed by atoms with Gasteiger partial charge in [-0.15, -0.1) is 0 Å². The molecule has 0 amide bonds. The zero-order valence-corrected chi connectivity index (χ0v) is 15.9. The predicted molar refractivity (Wildman–Crippen MR) is 112 cm³/mol. The second kappa shape index (κ2) is 8.36. The Labute approximate surface area is 161 Å². The molecule has 0 aromatic heterocycles. The molecular weight excluding hydrogens is 332 g/mol. The standard InChI is InChI=1S/C24H26N2O/c1-19-7-11-23(12-8-19)25-18-22-10-9-21(17-20-5-3-2-4-6-20)24(22)26-13-15-27-16-14-26/h2-8,11-12,17-18H,9-10,13-16H2,1H3. The summed E-state index contributed by atoms with van der Waals surface area (Å²) in [5, 5.41) is 0. The summed E-state index contributed by atoms with van der Waals surface area (Å²) in [7, 11) is 0. The van der Waals surface area contributed by atoms with Crippen molar-refractivity contribution in [3.05, 3.63) is 82.6 Å².